The third-order valence-corrected chi connectivity index (χ3v) is 3.50. The van der Waals surface area contributed by atoms with Gasteiger partial charge in [0.15, 0.2) is 0 Å². The van der Waals surface area contributed by atoms with Gasteiger partial charge in [-0.15, -0.1) is 0 Å². The first-order valence-corrected chi connectivity index (χ1v) is 7.62. The van der Waals surface area contributed by atoms with Crippen molar-refractivity contribution in [1.29, 1.82) is 0 Å². The zero-order valence-electron chi connectivity index (χ0n) is 13.7. The van der Waals surface area contributed by atoms with Crippen molar-refractivity contribution in [2.24, 2.45) is 0 Å². The van der Waals surface area contributed by atoms with E-state index in [2.05, 4.69) is 22.2 Å². The summed E-state index contributed by atoms with van der Waals surface area (Å²) in [7, 11) is 0. The van der Waals surface area contributed by atoms with Gasteiger partial charge < -0.3 is 16.0 Å². The number of hydrogen-bond acceptors (Lipinski definition) is 5. The van der Waals surface area contributed by atoms with Gasteiger partial charge in [-0.1, -0.05) is 6.92 Å². The number of anilines is 2. The molecule has 1 rings (SSSR count). The van der Waals surface area contributed by atoms with E-state index in [1.54, 1.807) is 4.90 Å². The maximum atomic E-state index is 12.3. The second-order valence-corrected chi connectivity index (χ2v) is 5.13. The molecular formula is C15H27N5O. The van der Waals surface area contributed by atoms with E-state index in [1.807, 2.05) is 27.7 Å². The minimum atomic E-state index is -0.340. The van der Waals surface area contributed by atoms with Gasteiger partial charge in [-0.05, 0) is 34.1 Å². The van der Waals surface area contributed by atoms with Gasteiger partial charge in [0.05, 0.1) is 0 Å². The number of nitrogen functional groups attached to an aromatic ring is 1. The summed E-state index contributed by atoms with van der Waals surface area (Å²) >= 11 is 0. The zero-order chi connectivity index (χ0) is 16.0. The Kier molecular flexibility index (Phi) is 6.39. The minimum absolute atomic E-state index is 0.0635. The molecule has 0 fully saturated rings. The van der Waals surface area contributed by atoms with Crippen LogP contribution in [0.5, 0.6) is 0 Å². The summed E-state index contributed by atoms with van der Waals surface area (Å²) in [6, 6.07) is -0.340. The predicted octanol–water partition coefficient (Wildman–Crippen LogP) is 1.99. The van der Waals surface area contributed by atoms with Crippen molar-refractivity contribution in [3.8, 4) is 0 Å². The maximum absolute atomic E-state index is 12.3. The molecule has 1 aromatic heterocycles. The Bertz CT molecular complexity index is 485. The van der Waals surface area contributed by atoms with Gasteiger partial charge in [0.1, 0.15) is 23.5 Å². The lowest BCUT2D eigenvalue weighted by molar-refractivity contribution is -0.131. The van der Waals surface area contributed by atoms with Gasteiger partial charge in [0, 0.05) is 25.1 Å². The molecule has 1 aromatic rings. The highest BCUT2D eigenvalue weighted by Gasteiger charge is 2.20. The Morgan fingerprint density at radius 1 is 1.29 bits per heavy atom. The van der Waals surface area contributed by atoms with Gasteiger partial charge in [-0.25, -0.2) is 9.97 Å². The van der Waals surface area contributed by atoms with Crippen molar-refractivity contribution in [3.63, 3.8) is 0 Å². The maximum Gasteiger partial charge on any atom is 0.244 e. The molecule has 21 heavy (non-hydrogen) atoms. The SMILES string of the molecule is CCCc1nc(N)c(C)c(NC(C)C(=O)N(CC)CC)n1. The lowest BCUT2D eigenvalue weighted by atomic mass is 10.2. The van der Waals surface area contributed by atoms with Gasteiger partial charge in [0.2, 0.25) is 5.91 Å². The van der Waals surface area contributed by atoms with Crippen LogP contribution < -0.4 is 11.1 Å². The molecule has 0 bridgehead atoms. The quantitative estimate of drug-likeness (QED) is 0.803. The van der Waals surface area contributed by atoms with Crippen molar-refractivity contribution in [1.82, 2.24) is 14.9 Å². The standard InChI is InChI=1S/C15H27N5O/c1-6-9-12-18-13(16)10(4)14(19-12)17-11(5)15(21)20(7-2)8-3/h11H,6-9H2,1-5H3,(H3,16,17,18,19). The molecule has 0 aromatic carbocycles. The molecule has 0 saturated carbocycles. The fourth-order valence-electron chi connectivity index (χ4n) is 2.13. The van der Waals surface area contributed by atoms with Crippen LogP contribution in [0.25, 0.3) is 0 Å². The van der Waals surface area contributed by atoms with Crippen LogP contribution in [-0.2, 0) is 11.2 Å². The summed E-state index contributed by atoms with van der Waals surface area (Å²) in [5.41, 5.74) is 6.72. The van der Waals surface area contributed by atoms with Crippen molar-refractivity contribution in [2.45, 2.75) is 53.5 Å². The zero-order valence-corrected chi connectivity index (χ0v) is 13.7. The van der Waals surface area contributed by atoms with E-state index in [0.29, 0.717) is 30.5 Å². The summed E-state index contributed by atoms with van der Waals surface area (Å²) in [4.78, 5) is 22.9. The molecule has 0 aliphatic rings. The van der Waals surface area contributed by atoms with Gasteiger partial charge in [-0.2, -0.15) is 0 Å². The van der Waals surface area contributed by atoms with E-state index in [1.165, 1.54) is 0 Å². The molecule has 1 amide bonds. The van der Waals surface area contributed by atoms with Gasteiger partial charge in [-0.3, -0.25) is 4.79 Å². The first kappa shape index (κ1) is 17.2. The predicted molar refractivity (Wildman–Crippen MR) is 86.2 cm³/mol. The van der Waals surface area contributed by atoms with E-state index in [0.717, 1.165) is 18.4 Å². The average molecular weight is 293 g/mol. The van der Waals surface area contributed by atoms with Crippen molar-refractivity contribution >= 4 is 17.5 Å². The number of amides is 1. The van der Waals surface area contributed by atoms with E-state index < -0.39 is 0 Å². The number of nitrogens with zero attached hydrogens (tertiary/aromatic N) is 3. The van der Waals surface area contributed by atoms with E-state index >= 15 is 0 Å². The fourth-order valence-corrected chi connectivity index (χ4v) is 2.13. The second kappa shape index (κ2) is 7.81. The summed E-state index contributed by atoms with van der Waals surface area (Å²) in [6.45, 7) is 11.1. The molecule has 0 aliphatic carbocycles. The molecular weight excluding hydrogens is 266 g/mol. The highest BCUT2D eigenvalue weighted by molar-refractivity contribution is 5.84. The minimum Gasteiger partial charge on any atom is -0.383 e. The Hall–Kier alpha value is -1.85. The van der Waals surface area contributed by atoms with Crippen LogP contribution in [0, 0.1) is 6.92 Å². The number of likely N-dealkylation sites (N-methyl/N-ethyl adjacent to an activating group) is 1. The molecule has 0 radical (unpaired) electrons. The smallest absolute Gasteiger partial charge is 0.244 e. The number of hydrogen-bond donors (Lipinski definition) is 2. The summed E-state index contributed by atoms with van der Waals surface area (Å²) < 4.78 is 0. The normalized spacial score (nSPS) is 12.0. The van der Waals surface area contributed by atoms with Crippen molar-refractivity contribution in [3.05, 3.63) is 11.4 Å². The van der Waals surface area contributed by atoms with Crippen LogP contribution in [0.3, 0.4) is 0 Å². The molecule has 0 aliphatic heterocycles. The largest absolute Gasteiger partial charge is 0.383 e. The van der Waals surface area contributed by atoms with Gasteiger partial charge >= 0.3 is 0 Å². The molecule has 3 N–H and O–H groups in total. The number of aryl methyl sites for hydroxylation is 1. The van der Waals surface area contributed by atoms with Crippen LogP contribution >= 0.6 is 0 Å². The molecule has 1 heterocycles. The average Bonchev–Trinajstić information content (AvgIpc) is 2.45. The van der Waals surface area contributed by atoms with Gasteiger partial charge in [0.25, 0.3) is 0 Å². The first-order chi connectivity index (χ1) is 9.94. The van der Waals surface area contributed by atoms with Crippen LogP contribution in [-0.4, -0.2) is 39.9 Å². The summed E-state index contributed by atoms with van der Waals surface area (Å²) in [6.07, 6.45) is 1.73. The molecule has 118 valence electrons. The van der Waals surface area contributed by atoms with Crippen LogP contribution in [0.1, 0.15) is 45.5 Å². The third-order valence-electron chi connectivity index (χ3n) is 3.50. The number of nitrogens with two attached hydrogens (primary N) is 1. The van der Waals surface area contributed by atoms with Crippen LogP contribution in [0.4, 0.5) is 11.6 Å². The molecule has 1 atom stereocenters. The van der Waals surface area contributed by atoms with Crippen LogP contribution in [0.15, 0.2) is 0 Å². The molecule has 6 heteroatoms. The number of carbonyl (C=O) groups is 1. The van der Waals surface area contributed by atoms with Crippen LogP contribution in [0.2, 0.25) is 0 Å². The summed E-state index contributed by atoms with van der Waals surface area (Å²) in [5, 5.41) is 3.18. The topological polar surface area (TPSA) is 84.1 Å². The molecule has 0 saturated heterocycles. The molecule has 0 spiro atoms. The number of rotatable bonds is 7. The number of carbonyl (C=O) groups excluding carboxylic acids is 1. The Balaban J connectivity index is 2.93. The number of nitrogens with one attached hydrogen (secondary N) is 1. The first-order valence-electron chi connectivity index (χ1n) is 7.62. The van der Waals surface area contributed by atoms with Crippen molar-refractivity contribution < 1.29 is 4.79 Å². The van der Waals surface area contributed by atoms with E-state index in [-0.39, 0.29) is 11.9 Å². The Labute approximate surface area is 127 Å². The highest BCUT2D eigenvalue weighted by Crippen LogP contribution is 2.19. The summed E-state index contributed by atoms with van der Waals surface area (Å²) in [5.74, 6) is 1.90. The fraction of sp³-hybridized carbons (Fsp3) is 0.667. The van der Waals surface area contributed by atoms with E-state index in [9.17, 15) is 4.79 Å². The lowest BCUT2D eigenvalue weighted by Crippen LogP contribution is -2.41. The third kappa shape index (κ3) is 4.31. The molecule has 1 unspecified atom stereocenters. The van der Waals surface area contributed by atoms with Crippen molar-refractivity contribution in [2.75, 3.05) is 24.1 Å². The highest BCUT2D eigenvalue weighted by atomic mass is 16.2. The Morgan fingerprint density at radius 2 is 1.90 bits per heavy atom. The Morgan fingerprint density at radius 3 is 2.43 bits per heavy atom. The monoisotopic (exact) mass is 293 g/mol. The lowest BCUT2D eigenvalue weighted by Gasteiger charge is -2.24. The van der Waals surface area contributed by atoms with E-state index in [4.69, 9.17) is 5.73 Å². The molecule has 6 nitrogen and oxygen atoms in total. The number of aromatic nitrogens is 2. The second-order valence-electron chi connectivity index (χ2n) is 5.13.